The van der Waals surface area contributed by atoms with Gasteiger partial charge in [-0.25, -0.2) is 0 Å². The average Bonchev–Trinajstić information content (AvgIpc) is 3.14. The molecule has 1 saturated carbocycles. The van der Waals surface area contributed by atoms with Crippen LogP contribution in [0.25, 0.3) is 0 Å². The zero-order valence-electron chi connectivity index (χ0n) is 11.6. The van der Waals surface area contributed by atoms with Crippen LogP contribution in [0.3, 0.4) is 0 Å². The van der Waals surface area contributed by atoms with E-state index in [0.717, 1.165) is 19.0 Å². The summed E-state index contributed by atoms with van der Waals surface area (Å²) in [7, 11) is 4.16. The van der Waals surface area contributed by atoms with Gasteiger partial charge in [0.1, 0.15) is 6.04 Å². The fourth-order valence-electron chi connectivity index (χ4n) is 2.31. The fourth-order valence-corrected chi connectivity index (χ4v) is 2.31. The molecule has 5 nitrogen and oxygen atoms in total. The van der Waals surface area contributed by atoms with Crippen molar-refractivity contribution in [2.75, 3.05) is 40.4 Å². The number of amides is 1. The highest BCUT2D eigenvalue weighted by Gasteiger charge is 2.33. The summed E-state index contributed by atoms with van der Waals surface area (Å²) < 4.78 is 5.28. The molecule has 2 atom stereocenters. The first-order valence-corrected chi connectivity index (χ1v) is 6.43. The molecule has 1 aliphatic carbocycles. The molecule has 1 amide bonds. The van der Waals surface area contributed by atoms with Crippen LogP contribution in [0.15, 0.2) is 0 Å². The van der Waals surface area contributed by atoms with Crippen molar-refractivity contribution in [2.45, 2.75) is 24.9 Å². The van der Waals surface area contributed by atoms with Gasteiger partial charge in [-0.05, 0) is 32.9 Å². The molecule has 0 aromatic carbocycles. The van der Waals surface area contributed by atoms with Gasteiger partial charge in [0.15, 0.2) is 0 Å². The Balaban J connectivity index is 0.00000162. The molecule has 2 N–H and O–H groups in total. The molecule has 2 fully saturated rings. The van der Waals surface area contributed by atoms with E-state index in [1.54, 1.807) is 0 Å². The van der Waals surface area contributed by atoms with E-state index < -0.39 is 0 Å². The van der Waals surface area contributed by atoms with Gasteiger partial charge in [0.05, 0.1) is 13.2 Å². The zero-order valence-corrected chi connectivity index (χ0v) is 13.2. The highest BCUT2D eigenvalue weighted by atomic mass is 35.5. The largest absolute Gasteiger partial charge is 0.378 e. The molecule has 1 aliphatic heterocycles. The zero-order chi connectivity index (χ0) is 12.3. The van der Waals surface area contributed by atoms with Crippen LogP contribution in [0.2, 0.25) is 0 Å². The van der Waals surface area contributed by atoms with Gasteiger partial charge < -0.3 is 20.3 Å². The lowest BCUT2D eigenvalue weighted by atomic mass is 10.1. The number of halogens is 2. The molecule has 7 heteroatoms. The van der Waals surface area contributed by atoms with E-state index in [4.69, 9.17) is 4.74 Å². The van der Waals surface area contributed by atoms with Crippen LogP contribution in [0.4, 0.5) is 0 Å². The summed E-state index contributed by atoms with van der Waals surface area (Å²) in [5, 5.41) is 6.20. The van der Waals surface area contributed by atoms with Crippen LogP contribution in [0, 0.1) is 5.92 Å². The molecular formula is C12H25Cl2N3O2. The maximum absolute atomic E-state index is 11.9. The SMILES string of the molecule is CN(C)C(CNC(=O)C1COCCN1)C1CC1.Cl.Cl. The maximum atomic E-state index is 11.9. The number of ether oxygens (including phenoxy) is 1. The monoisotopic (exact) mass is 313 g/mol. The molecule has 2 aliphatic rings. The third-order valence-electron chi connectivity index (χ3n) is 3.55. The Bertz CT molecular complexity index is 268. The van der Waals surface area contributed by atoms with E-state index in [9.17, 15) is 4.79 Å². The molecule has 2 unspecified atom stereocenters. The molecule has 0 radical (unpaired) electrons. The maximum Gasteiger partial charge on any atom is 0.239 e. The van der Waals surface area contributed by atoms with Crippen molar-refractivity contribution in [3.8, 4) is 0 Å². The number of morpholine rings is 1. The third-order valence-corrected chi connectivity index (χ3v) is 3.55. The van der Waals surface area contributed by atoms with Gasteiger partial charge in [-0.3, -0.25) is 4.79 Å². The number of nitrogens with one attached hydrogen (secondary N) is 2. The predicted molar refractivity (Wildman–Crippen MR) is 80.3 cm³/mol. The van der Waals surface area contributed by atoms with E-state index in [1.807, 2.05) is 0 Å². The van der Waals surface area contributed by atoms with Crippen molar-refractivity contribution in [2.24, 2.45) is 5.92 Å². The normalized spacial score (nSPS) is 24.1. The summed E-state index contributed by atoms with van der Waals surface area (Å²) in [5.74, 6) is 0.832. The first-order valence-electron chi connectivity index (χ1n) is 6.43. The van der Waals surface area contributed by atoms with Crippen LogP contribution in [-0.2, 0) is 9.53 Å². The van der Waals surface area contributed by atoms with Crippen LogP contribution in [0.5, 0.6) is 0 Å². The number of nitrogens with zero attached hydrogens (tertiary/aromatic N) is 1. The molecule has 1 saturated heterocycles. The van der Waals surface area contributed by atoms with Gasteiger partial charge in [-0.2, -0.15) is 0 Å². The average molecular weight is 314 g/mol. The smallest absolute Gasteiger partial charge is 0.239 e. The Morgan fingerprint density at radius 1 is 1.42 bits per heavy atom. The van der Waals surface area contributed by atoms with E-state index >= 15 is 0 Å². The highest BCUT2D eigenvalue weighted by Crippen LogP contribution is 2.34. The molecule has 2 rings (SSSR count). The second-order valence-corrected chi connectivity index (χ2v) is 5.20. The summed E-state index contributed by atoms with van der Waals surface area (Å²) in [5.41, 5.74) is 0. The lowest BCUT2D eigenvalue weighted by Gasteiger charge is -2.27. The van der Waals surface area contributed by atoms with E-state index in [1.165, 1.54) is 12.8 Å². The second kappa shape index (κ2) is 8.97. The Hall–Kier alpha value is -0.0700. The fraction of sp³-hybridized carbons (Fsp3) is 0.917. The van der Waals surface area contributed by atoms with E-state index in [2.05, 4.69) is 29.6 Å². The lowest BCUT2D eigenvalue weighted by Crippen LogP contribution is -2.53. The Labute approximate surface area is 127 Å². The number of hydrogen-bond donors (Lipinski definition) is 2. The first kappa shape index (κ1) is 18.9. The number of carbonyl (C=O) groups excluding carboxylic acids is 1. The van der Waals surface area contributed by atoms with Crippen LogP contribution < -0.4 is 10.6 Å². The minimum absolute atomic E-state index is 0. The van der Waals surface area contributed by atoms with Crippen molar-refractivity contribution in [3.05, 3.63) is 0 Å². The first-order chi connectivity index (χ1) is 8.18. The molecule has 19 heavy (non-hydrogen) atoms. The summed E-state index contributed by atoms with van der Waals surface area (Å²) in [6.45, 7) is 2.70. The Kier molecular flexibility index (Phi) is 8.94. The summed E-state index contributed by atoms with van der Waals surface area (Å²) >= 11 is 0. The molecule has 0 aromatic rings. The molecule has 0 spiro atoms. The van der Waals surface area contributed by atoms with Crippen molar-refractivity contribution in [1.29, 1.82) is 0 Å². The van der Waals surface area contributed by atoms with Gasteiger partial charge in [-0.1, -0.05) is 0 Å². The second-order valence-electron chi connectivity index (χ2n) is 5.20. The van der Waals surface area contributed by atoms with Gasteiger partial charge in [0.25, 0.3) is 0 Å². The van der Waals surface area contributed by atoms with Gasteiger partial charge in [0.2, 0.25) is 5.91 Å². The molecule has 0 aromatic heterocycles. The topological polar surface area (TPSA) is 53.6 Å². The van der Waals surface area contributed by atoms with E-state index in [0.29, 0.717) is 19.3 Å². The van der Waals surface area contributed by atoms with Crippen molar-refractivity contribution in [3.63, 3.8) is 0 Å². The Morgan fingerprint density at radius 3 is 2.58 bits per heavy atom. The molecule has 0 bridgehead atoms. The van der Waals surface area contributed by atoms with Gasteiger partial charge >= 0.3 is 0 Å². The van der Waals surface area contributed by atoms with Crippen molar-refractivity contribution in [1.82, 2.24) is 15.5 Å². The summed E-state index contributed by atoms with van der Waals surface area (Å²) in [6, 6.07) is 0.300. The number of rotatable bonds is 5. The third kappa shape index (κ3) is 5.83. The minimum Gasteiger partial charge on any atom is -0.378 e. The van der Waals surface area contributed by atoms with Gasteiger partial charge in [-0.15, -0.1) is 24.8 Å². The standard InChI is InChI=1S/C12H23N3O2.2ClH/c1-15(2)11(9-3-4-9)7-14-12(16)10-8-17-6-5-13-10;;/h9-11,13H,3-8H2,1-2H3,(H,14,16);2*1H. The van der Waals surface area contributed by atoms with Crippen LogP contribution >= 0.6 is 24.8 Å². The van der Waals surface area contributed by atoms with E-state index in [-0.39, 0.29) is 36.8 Å². The van der Waals surface area contributed by atoms with Crippen LogP contribution in [0.1, 0.15) is 12.8 Å². The molecule has 1 heterocycles. The lowest BCUT2D eigenvalue weighted by molar-refractivity contribution is -0.126. The van der Waals surface area contributed by atoms with Crippen LogP contribution in [-0.4, -0.2) is 63.3 Å². The number of carbonyl (C=O) groups is 1. The number of likely N-dealkylation sites (N-methyl/N-ethyl adjacent to an activating group) is 1. The molecular weight excluding hydrogens is 289 g/mol. The summed E-state index contributed by atoms with van der Waals surface area (Å²) in [6.07, 6.45) is 2.59. The van der Waals surface area contributed by atoms with Crippen molar-refractivity contribution >= 4 is 30.7 Å². The highest BCUT2D eigenvalue weighted by molar-refractivity contribution is 5.85. The number of hydrogen-bond acceptors (Lipinski definition) is 4. The minimum atomic E-state index is -0.175. The Morgan fingerprint density at radius 2 is 2.11 bits per heavy atom. The quantitative estimate of drug-likeness (QED) is 0.765. The summed E-state index contributed by atoms with van der Waals surface area (Å²) in [4.78, 5) is 14.1. The predicted octanol–water partition coefficient (Wildman–Crippen LogP) is 0.275. The van der Waals surface area contributed by atoms with Crippen molar-refractivity contribution < 1.29 is 9.53 Å². The molecule has 114 valence electrons. The van der Waals surface area contributed by atoms with Gasteiger partial charge in [0, 0.05) is 19.1 Å².